The third kappa shape index (κ3) is 17.9. The minimum absolute atomic E-state index is 0.0556. The first-order valence-electron chi connectivity index (χ1n) is 2.20. The summed E-state index contributed by atoms with van der Waals surface area (Å²) >= 11 is 14.5. The molecule has 0 heterocycles. The van der Waals surface area contributed by atoms with Crippen LogP contribution in [0.5, 0.6) is 0 Å². The van der Waals surface area contributed by atoms with Gasteiger partial charge in [0.1, 0.15) is 0 Å². The molecule has 0 rings (SSSR count). The fourth-order valence-electron chi connectivity index (χ4n) is 0.101. The van der Waals surface area contributed by atoms with E-state index in [-0.39, 0.29) is 3.78 Å². The van der Waals surface area contributed by atoms with Crippen LogP contribution in [0, 0.1) is 0 Å². The highest BCUT2D eigenvalue weighted by atomic mass is 35.5. The number of thioether (sulfide) groups is 1. The number of hydrogen-bond donors (Lipinski definition) is 2. The van der Waals surface area contributed by atoms with Gasteiger partial charge < -0.3 is 10.2 Å². The molecule has 0 aromatic rings. The van der Waals surface area contributed by atoms with Crippen molar-refractivity contribution in [2.45, 2.75) is 5.44 Å². The van der Waals surface area contributed by atoms with Crippen molar-refractivity contribution < 1.29 is 15.0 Å². The lowest BCUT2D eigenvalue weighted by molar-refractivity contribution is -0.141. The maximum absolute atomic E-state index is 9.66. The summed E-state index contributed by atoms with van der Waals surface area (Å²) in [5.41, 5.74) is -1.26. The Kier molecular flexibility index (Phi) is 10.9. The quantitative estimate of drug-likeness (QED) is 0.433. The second kappa shape index (κ2) is 8.55. The molecular weight excluding hydrogens is 231 g/mol. The molecule has 0 saturated heterocycles. The summed E-state index contributed by atoms with van der Waals surface area (Å²) in [6.07, 6.45) is 1.53. The van der Waals surface area contributed by atoms with Crippen molar-refractivity contribution in [1.82, 2.24) is 0 Å². The van der Waals surface area contributed by atoms with E-state index in [0.717, 1.165) is 11.8 Å². The monoisotopic (exact) mass is 236 g/mol. The first-order chi connectivity index (χ1) is 4.91. The van der Waals surface area contributed by atoms with Gasteiger partial charge in [-0.25, -0.2) is 4.79 Å². The highest BCUT2D eigenvalue weighted by Gasteiger charge is 2.08. The Balaban J connectivity index is 0. The predicted octanol–water partition coefficient (Wildman–Crippen LogP) is 1.50. The maximum atomic E-state index is 9.66. The first kappa shape index (κ1) is 14.0. The Morgan fingerprint density at radius 2 is 1.91 bits per heavy atom. The molecule has 0 aromatic carbocycles. The predicted molar refractivity (Wildman–Crippen MR) is 51.5 cm³/mol. The van der Waals surface area contributed by atoms with E-state index in [0.29, 0.717) is 0 Å². The van der Waals surface area contributed by atoms with E-state index in [1.54, 1.807) is 0 Å². The minimum atomic E-state index is -1.26. The van der Waals surface area contributed by atoms with Crippen LogP contribution < -0.4 is 0 Å². The maximum Gasteiger partial charge on any atom is 0.343 e. The summed E-state index contributed by atoms with van der Waals surface area (Å²) in [4.78, 5) is 9.66. The van der Waals surface area contributed by atoms with Crippen LogP contribution in [0.1, 0.15) is 0 Å². The van der Waals surface area contributed by atoms with E-state index in [4.69, 9.17) is 33.4 Å². The molecule has 0 amide bonds. The molecule has 0 radical (unpaired) electrons. The van der Waals surface area contributed by atoms with Crippen molar-refractivity contribution >= 4 is 56.9 Å². The van der Waals surface area contributed by atoms with Crippen LogP contribution in [0.15, 0.2) is 0 Å². The number of aliphatic carboxylic acids is 1. The van der Waals surface area contributed by atoms with Crippen molar-refractivity contribution in [2.24, 2.45) is 0 Å². The molecule has 0 bridgehead atoms. The van der Waals surface area contributed by atoms with Crippen molar-refractivity contribution in [3.8, 4) is 0 Å². The van der Waals surface area contributed by atoms with Crippen molar-refractivity contribution in [2.75, 3.05) is 6.26 Å². The zero-order valence-electron chi connectivity index (χ0n) is 5.45. The molecule has 1 atom stereocenters. The molecule has 0 aliphatic heterocycles. The van der Waals surface area contributed by atoms with Crippen LogP contribution >= 0.6 is 47.2 Å². The van der Waals surface area contributed by atoms with Crippen LogP contribution in [0.4, 0.5) is 0 Å². The van der Waals surface area contributed by atoms with E-state index < -0.39 is 11.4 Å². The van der Waals surface area contributed by atoms with Gasteiger partial charge in [0.2, 0.25) is 0 Å². The van der Waals surface area contributed by atoms with E-state index in [9.17, 15) is 4.79 Å². The molecule has 1 unspecified atom stereocenters. The van der Waals surface area contributed by atoms with Crippen molar-refractivity contribution in [1.29, 1.82) is 0 Å². The fraction of sp³-hybridized carbons (Fsp3) is 0.500. The van der Waals surface area contributed by atoms with Gasteiger partial charge in [-0.3, -0.25) is 0 Å². The SMILES string of the molecule is CSC(O)C(=O)O.S=C(Cl)Cl. The molecule has 3 nitrogen and oxygen atoms in total. The number of aliphatic hydroxyl groups is 1. The average Bonchev–Trinajstić information content (AvgIpc) is 1.85. The summed E-state index contributed by atoms with van der Waals surface area (Å²) in [6, 6.07) is 0. The van der Waals surface area contributed by atoms with Crippen LogP contribution in [-0.2, 0) is 4.79 Å². The smallest absolute Gasteiger partial charge is 0.343 e. The number of aliphatic hydroxyl groups excluding tert-OH is 1. The topological polar surface area (TPSA) is 57.5 Å². The second-order valence-electron chi connectivity index (χ2n) is 1.15. The lowest BCUT2D eigenvalue weighted by Gasteiger charge is -1.95. The number of rotatable bonds is 2. The van der Waals surface area contributed by atoms with Crippen molar-refractivity contribution in [3.05, 3.63) is 0 Å². The standard InChI is InChI=1S/C3H6O3S.CCl2S/c1-7-3(6)2(4)5;2-1(3)4/h3,6H,1H3,(H,4,5);. The molecule has 2 N–H and O–H groups in total. The number of carboxylic acids is 1. The highest BCUT2D eigenvalue weighted by Crippen LogP contribution is 1.99. The molecule has 7 heteroatoms. The van der Waals surface area contributed by atoms with Crippen LogP contribution in [0.25, 0.3) is 0 Å². The van der Waals surface area contributed by atoms with E-state index in [1.165, 1.54) is 6.26 Å². The molecule has 0 spiro atoms. The molecular formula is C4H6Cl2O3S2. The number of halogens is 2. The summed E-state index contributed by atoms with van der Waals surface area (Å²) in [5, 5.41) is 16.2. The van der Waals surface area contributed by atoms with Crippen LogP contribution in [0.2, 0.25) is 0 Å². The Bertz CT molecular complexity index is 137. The molecule has 66 valence electrons. The average molecular weight is 237 g/mol. The molecule has 11 heavy (non-hydrogen) atoms. The first-order valence-corrected chi connectivity index (χ1v) is 4.65. The van der Waals surface area contributed by atoms with Crippen LogP contribution in [0.3, 0.4) is 0 Å². The number of carboxylic acid groups (broad SMARTS) is 1. The third-order valence-corrected chi connectivity index (χ3v) is 1.08. The summed E-state index contributed by atoms with van der Waals surface area (Å²) in [5.74, 6) is -1.19. The Morgan fingerprint density at radius 1 is 1.64 bits per heavy atom. The molecule has 0 aliphatic rings. The van der Waals surface area contributed by atoms with Crippen molar-refractivity contribution in [3.63, 3.8) is 0 Å². The van der Waals surface area contributed by atoms with Gasteiger partial charge in [0, 0.05) is 0 Å². The van der Waals surface area contributed by atoms with Gasteiger partial charge in [-0.05, 0) is 6.26 Å². The number of carbonyl (C=O) groups is 1. The highest BCUT2D eigenvalue weighted by molar-refractivity contribution is 7.99. The minimum Gasteiger partial charge on any atom is -0.479 e. The summed E-state index contributed by atoms with van der Waals surface area (Å²) in [6.45, 7) is 0. The normalized spacial score (nSPS) is 10.9. The Labute approximate surface area is 83.7 Å². The third-order valence-electron chi connectivity index (χ3n) is 0.435. The number of hydrogen-bond acceptors (Lipinski definition) is 4. The Hall–Kier alpha value is 0.450. The zero-order chi connectivity index (χ0) is 9.44. The van der Waals surface area contributed by atoms with Gasteiger partial charge >= 0.3 is 5.97 Å². The molecule has 0 aromatic heterocycles. The van der Waals surface area contributed by atoms with Gasteiger partial charge in [-0.1, -0.05) is 35.4 Å². The van der Waals surface area contributed by atoms with Gasteiger partial charge in [0.15, 0.2) is 9.22 Å². The zero-order valence-corrected chi connectivity index (χ0v) is 8.60. The van der Waals surface area contributed by atoms with E-state index in [2.05, 4.69) is 12.2 Å². The fourth-order valence-corrected chi connectivity index (χ4v) is 0.302. The largest absolute Gasteiger partial charge is 0.479 e. The summed E-state index contributed by atoms with van der Waals surface area (Å²) in [7, 11) is 0. The van der Waals surface area contributed by atoms with E-state index >= 15 is 0 Å². The lowest BCUT2D eigenvalue weighted by atomic mass is 10.7. The van der Waals surface area contributed by atoms with Gasteiger partial charge in [-0.15, -0.1) is 11.8 Å². The summed E-state index contributed by atoms with van der Waals surface area (Å²) < 4.78 is -0.0556. The van der Waals surface area contributed by atoms with Gasteiger partial charge in [-0.2, -0.15) is 0 Å². The molecule has 0 fully saturated rings. The van der Waals surface area contributed by atoms with Gasteiger partial charge in [0.05, 0.1) is 0 Å². The lowest BCUT2D eigenvalue weighted by Crippen LogP contribution is -2.13. The van der Waals surface area contributed by atoms with Gasteiger partial charge in [0.25, 0.3) is 0 Å². The molecule has 0 saturated carbocycles. The second-order valence-corrected chi connectivity index (χ2v) is 3.88. The molecule has 0 aliphatic carbocycles. The number of thiocarbonyl (C=S) groups is 1. The Morgan fingerprint density at radius 3 is 1.91 bits per heavy atom. The van der Waals surface area contributed by atoms with Crippen LogP contribution in [-0.4, -0.2) is 31.7 Å². The van der Waals surface area contributed by atoms with E-state index in [1.807, 2.05) is 0 Å².